The second-order valence-electron chi connectivity index (χ2n) is 7.70. The van der Waals surface area contributed by atoms with Gasteiger partial charge in [0.2, 0.25) is 0 Å². The van der Waals surface area contributed by atoms with Crippen molar-refractivity contribution in [3.63, 3.8) is 0 Å². The smallest absolute Gasteiger partial charge is 0.106 e. The number of benzene rings is 2. The molecule has 0 radical (unpaired) electrons. The first-order valence-electron chi connectivity index (χ1n) is 10.7. The van der Waals surface area contributed by atoms with E-state index in [1.807, 2.05) is 0 Å². The van der Waals surface area contributed by atoms with Crippen molar-refractivity contribution in [3.05, 3.63) is 59.7 Å². The van der Waals surface area contributed by atoms with Gasteiger partial charge in [-0.3, -0.25) is 0 Å². The lowest BCUT2D eigenvalue weighted by Gasteiger charge is -2.30. The Balaban J connectivity index is 1.53. The molecule has 0 bridgehead atoms. The van der Waals surface area contributed by atoms with Crippen LogP contribution in [0.2, 0.25) is 0 Å². The first-order valence-corrected chi connectivity index (χ1v) is 10.7. The van der Waals surface area contributed by atoms with Crippen molar-refractivity contribution in [3.8, 4) is 11.1 Å². The molecule has 0 saturated carbocycles. The molecule has 1 fully saturated rings. The summed E-state index contributed by atoms with van der Waals surface area (Å²) >= 11 is 0. The molecular formula is C25H34O2. The van der Waals surface area contributed by atoms with Gasteiger partial charge in [-0.15, -0.1) is 0 Å². The van der Waals surface area contributed by atoms with Crippen molar-refractivity contribution < 1.29 is 9.47 Å². The number of unbranched alkanes of at least 4 members (excludes halogenated alkanes) is 3. The molecule has 2 heteroatoms. The standard InChI is InChI=1S/C25H34O2/c1-3-5-7-9-24-18-27-25(19-26-24)23-16-14-22(15-17-23)21-12-10-20(11-13-21)8-6-4-2/h10-17,24-25H,3-9,18-19H2,1-2H3/t24-,25-/m1/s1. The average Bonchev–Trinajstić information content (AvgIpc) is 2.73. The van der Waals surface area contributed by atoms with Gasteiger partial charge in [0.1, 0.15) is 6.10 Å². The molecule has 0 aliphatic carbocycles. The molecule has 2 nitrogen and oxygen atoms in total. The first kappa shape index (κ1) is 20.1. The number of hydrogen-bond acceptors (Lipinski definition) is 2. The Morgan fingerprint density at radius 2 is 1.41 bits per heavy atom. The molecule has 1 heterocycles. The molecule has 0 aromatic heterocycles. The van der Waals surface area contributed by atoms with Crippen LogP contribution in [0.4, 0.5) is 0 Å². The van der Waals surface area contributed by atoms with E-state index in [0.717, 1.165) is 13.0 Å². The van der Waals surface area contributed by atoms with Gasteiger partial charge < -0.3 is 9.47 Å². The Labute approximate surface area is 164 Å². The SMILES string of the molecule is CCCCC[C@@H]1CO[C@@H](c2ccc(-c3ccc(CCCC)cc3)cc2)CO1. The topological polar surface area (TPSA) is 18.5 Å². The zero-order chi connectivity index (χ0) is 18.9. The Kier molecular flexibility index (Phi) is 7.92. The highest BCUT2D eigenvalue weighted by molar-refractivity contribution is 5.64. The molecule has 1 aliphatic rings. The highest BCUT2D eigenvalue weighted by Crippen LogP contribution is 2.27. The van der Waals surface area contributed by atoms with Crippen LogP contribution in [0.1, 0.15) is 69.6 Å². The summed E-state index contributed by atoms with van der Waals surface area (Å²) in [4.78, 5) is 0. The maximum atomic E-state index is 6.08. The van der Waals surface area contributed by atoms with E-state index >= 15 is 0 Å². The summed E-state index contributed by atoms with van der Waals surface area (Å²) in [6.07, 6.45) is 8.92. The molecule has 3 rings (SSSR count). The third kappa shape index (κ3) is 5.92. The fraction of sp³-hybridized carbons (Fsp3) is 0.520. The lowest BCUT2D eigenvalue weighted by Crippen LogP contribution is -2.31. The Morgan fingerprint density at radius 1 is 0.741 bits per heavy atom. The van der Waals surface area contributed by atoms with Crippen LogP contribution in [0, 0.1) is 0 Å². The van der Waals surface area contributed by atoms with E-state index in [4.69, 9.17) is 9.47 Å². The average molecular weight is 367 g/mol. The molecule has 0 unspecified atom stereocenters. The van der Waals surface area contributed by atoms with E-state index in [2.05, 4.69) is 62.4 Å². The van der Waals surface area contributed by atoms with Crippen LogP contribution in [0.25, 0.3) is 11.1 Å². The van der Waals surface area contributed by atoms with Crippen molar-refractivity contribution >= 4 is 0 Å². The quantitative estimate of drug-likeness (QED) is 0.458. The van der Waals surface area contributed by atoms with E-state index in [9.17, 15) is 0 Å². The second kappa shape index (κ2) is 10.6. The minimum absolute atomic E-state index is 0.0675. The van der Waals surface area contributed by atoms with Crippen molar-refractivity contribution in [2.24, 2.45) is 0 Å². The lowest BCUT2D eigenvalue weighted by atomic mass is 9.99. The largest absolute Gasteiger partial charge is 0.373 e. The minimum Gasteiger partial charge on any atom is -0.373 e. The van der Waals surface area contributed by atoms with Crippen molar-refractivity contribution in [1.29, 1.82) is 0 Å². The lowest BCUT2D eigenvalue weighted by molar-refractivity contribution is -0.137. The van der Waals surface area contributed by atoms with Crippen LogP contribution in [-0.4, -0.2) is 19.3 Å². The van der Waals surface area contributed by atoms with E-state index in [-0.39, 0.29) is 12.2 Å². The molecule has 1 aliphatic heterocycles. The van der Waals surface area contributed by atoms with Gasteiger partial charge in [0, 0.05) is 0 Å². The van der Waals surface area contributed by atoms with E-state index in [1.54, 1.807) is 0 Å². The van der Waals surface area contributed by atoms with E-state index in [0.29, 0.717) is 6.61 Å². The first-order chi connectivity index (χ1) is 13.3. The molecule has 0 amide bonds. The maximum absolute atomic E-state index is 6.08. The summed E-state index contributed by atoms with van der Waals surface area (Å²) in [5, 5.41) is 0. The van der Waals surface area contributed by atoms with Crippen LogP contribution in [0.15, 0.2) is 48.5 Å². The van der Waals surface area contributed by atoms with Crippen molar-refractivity contribution in [2.75, 3.05) is 13.2 Å². The van der Waals surface area contributed by atoms with Gasteiger partial charge >= 0.3 is 0 Å². The molecular weight excluding hydrogens is 332 g/mol. The zero-order valence-corrected chi connectivity index (χ0v) is 17.0. The van der Waals surface area contributed by atoms with Crippen LogP contribution in [0.3, 0.4) is 0 Å². The summed E-state index contributed by atoms with van der Waals surface area (Å²) in [6, 6.07) is 17.8. The monoisotopic (exact) mass is 366 g/mol. The fourth-order valence-electron chi connectivity index (χ4n) is 3.66. The molecule has 2 aromatic rings. The van der Waals surface area contributed by atoms with Gasteiger partial charge in [-0.1, -0.05) is 88.1 Å². The summed E-state index contributed by atoms with van der Waals surface area (Å²) in [6.45, 7) is 5.86. The van der Waals surface area contributed by atoms with E-state index < -0.39 is 0 Å². The Morgan fingerprint density at radius 3 is 2.00 bits per heavy atom. The fourth-order valence-corrected chi connectivity index (χ4v) is 3.66. The van der Waals surface area contributed by atoms with Gasteiger partial charge in [-0.05, 0) is 41.5 Å². The normalized spacial score (nSPS) is 19.9. The van der Waals surface area contributed by atoms with Gasteiger partial charge in [0.25, 0.3) is 0 Å². The molecule has 0 spiro atoms. The van der Waals surface area contributed by atoms with Crippen LogP contribution < -0.4 is 0 Å². The van der Waals surface area contributed by atoms with Crippen LogP contribution in [-0.2, 0) is 15.9 Å². The third-order valence-electron chi connectivity index (χ3n) is 5.48. The highest BCUT2D eigenvalue weighted by atomic mass is 16.6. The van der Waals surface area contributed by atoms with Crippen molar-refractivity contribution in [2.45, 2.75) is 71.0 Å². The summed E-state index contributed by atoms with van der Waals surface area (Å²) < 4.78 is 12.1. The Bertz CT molecular complexity index is 652. The van der Waals surface area contributed by atoms with Crippen molar-refractivity contribution in [1.82, 2.24) is 0 Å². The summed E-state index contributed by atoms with van der Waals surface area (Å²) in [5.41, 5.74) is 5.18. The predicted octanol–water partition coefficient (Wildman–Crippen LogP) is 6.73. The zero-order valence-electron chi connectivity index (χ0n) is 17.0. The molecule has 1 saturated heterocycles. The van der Waals surface area contributed by atoms with Gasteiger partial charge in [0.15, 0.2) is 0 Å². The Hall–Kier alpha value is -1.64. The maximum Gasteiger partial charge on any atom is 0.106 e. The van der Waals surface area contributed by atoms with Gasteiger partial charge in [-0.2, -0.15) is 0 Å². The summed E-state index contributed by atoms with van der Waals surface area (Å²) in [7, 11) is 0. The highest BCUT2D eigenvalue weighted by Gasteiger charge is 2.23. The minimum atomic E-state index is 0.0675. The second-order valence-corrected chi connectivity index (χ2v) is 7.70. The summed E-state index contributed by atoms with van der Waals surface area (Å²) in [5.74, 6) is 0. The number of hydrogen-bond donors (Lipinski definition) is 0. The van der Waals surface area contributed by atoms with Crippen LogP contribution >= 0.6 is 0 Å². The predicted molar refractivity (Wildman–Crippen MR) is 113 cm³/mol. The number of aryl methyl sites for hydroxylation is 1. The third-order valence-corrected chi connectivity index (χ3v) is 5.48. The van der Waals surface area contributed by atoms with E-state index in [1.165, 1.54) is 60.8 Å². The van der Waals surface area contributed by atoms with Crippen LogP contribution in [0.5, 0.6) is 0 Å². The molecule has 2 atom stereocenters. The molecule has 2 aromatic carbocycles. The number of rotatable bonds is 9. The number of ether oxygens (including phenoxy) is 2. The molecule has 27 heavy (non-hydrogen) atoms. The molecule has 146 valence electrons. The van der Waals surface area contributed by atoms with Gasteiger partial charge in [0.05, 0.1) is 19.3 Å². The molecule has 0 N–H and O–H groups in total. The van der Waals surface area contributed by atoms with Gasteiger partial charge in [-0.25, -0.2) is 0 Å².